The van der Waals surface area contributed by atoms with Crippen molar-refractivity contribution in [3.05, 3.63) is 12.1 Å². The van der Waals surface area contributed by atoms with E-state index in [2.05, 4.69) is 35.8 Å². The molecule has 5 heteroatoms. The number of piperidine rings is 1. The van der Waals surface area contributed by atoms with Gasteiger partial charge in [0.15, 0.2) is 0 Å². The predicted octanol–water partition coefficient (Wildman–Crippen LogP) is 1.98. The van der Waals surface area contributed by atoms with Crippen LogP contribution in [0.5, 0.6) is 5.88 Å². The lowest BCUT2D eigenvalue weighted by molar-refractivity contribution is 0.249. The van der Waals surface area contributed by atoms with Gasteiger partial charge in [-0.25, -0.2) is 0 Å². The zero-order chi connectivity index (χ0) is 14.5. The molecule has 0 aliphatic carbocycles. The van der Waals surface area contributed by atoms with Crippen molar-refractivity contribution in [2.75, 3.05) is 44.4 Å². The molecule has 0 amide bonds. The van der Waals surface area contributed by atoms with E-state index in [9.17, 15) is 0 Å². The Morgan fingerprint density at radius 1 is 1.35 bits per heavy atom. The van der Waals surface area contributed by atoms with E-state index in [1.54, 1.807) is 0 Å². The molecule has 1 aromatic rings. The van der Waals surface area contributed by atoms with Crippen LogP contribution < -0.4 is 15.4 Å². The van der Waals surface area contributed by atoms with Crippen molar-refractivity contribution in [2.45, 2.75) is 32.2 Å². The first-order valence-corrected chi connectivity index (χ1v) is 7.42. The lowest BCUT2D eigenvalue weighted by Gasteiger charge is -2.35. The normalized spacial score (nSPS) is 16.7. The van der Waals surface area contributed by atoms with Crippen LogP contribution in [0.3, 0.4) is 0 Å². The lowest BCUT2D eigenvalue weighted by atomic mass is 10.0. The Balaban J connectivity index is 2.02. The van der Waals surface area contributed by atoms with Gasteiger partial charge in [0.25, 0.3) is 0 Å². The average molecular weight is 278 g/mol. The summed E-state index contributed by atoms with van der Waals surface area (Å²) in [5.74, 6) is 1.54. The smallest absolute Gasteiger partial charge is 0.239 e. The number of nitrogen functional groups attached to an aromatic ring is 1. The van der Waals surface area contributed by atoms with Gasteiger partial charge in [0.05, 0.1) is 12.3 Å². The van der Waals surface area contributed by atoms with Crippen LogP contribution in [-0.2, 0) is 0 Å². The molecule has 0 radical (unpaired) electrons. The van der Waals surface area contributed by atoms with Crippen molar-refractivity contribution in [2.24, 2.45) is 0 Å². The van der Waals surface area contributed by atoms with Crippen LogP contribution in [0, 0.1) is 0 Å². The fourth-order valence-corrected chi connectivity index (χ4v) is 2.54. The number of aromatic nitrogens is 1. The van der Waals surface area contributed by atoms with Crippen LogP contribution in [0.2, 0.25) is 0 Å². The number of anilines is 2. The van der Waals surface area contributed by atoms with Crippen molar-refractivity contribution in [3.63, 3.8) is 0 Å². The maximum absolute atomic E-state index is 5.91. The molecule has 0 atom stereocenters. The summed E-state index contributed by atoms with van der Waals surface area (Å²) >= 11 is 0. The van der Waals surface area contributed by atoms with Gasteiger partial charge in [-0.2, -0.15) is 4.98 Å². The number of hydrogen-bond donors (Lipinski definition) is 1. The van der Waals surface area contributed by atoms with Gasteiger partial charge in [-0.3, -0.25) is 0 Å². The van der Waals surface area contributed by atoms with Gasteiger partial charge in [-0.05, 0) is 45.5 Å². The van der Waals surface area contributed by atoms with E-state index >= 15 is 0 Å². The molecule has 20 heavy (non-hydrogen) atoms. The topological polar surface area (TPSA) is 54.6 Å². The van der Waals surface area contributed by atoms with Gasteiger partial charge in [0.2, 0.25) is 5.88 Å². The highest BCUT2D eigenvalue weighted by molar-refractivity contribution is 5.54. The van der Waals surface area contributed by atoms with Crippen LogP contribution >= 0.6 is 0 Å². The van der Waals surface area contributed by atoms with Gasteiger partial charge in [0.1, 0.15) is 5.82 Å². The molecule has 1 aromatic heterocycles. The summed E-state index contributed by atoms with van der Waals surface area (Å²) in [5.41, 5.74) is 6.52. The third-order valence-corrected chi connectivity index (χ3v) is 3.84. The number of nitrogens with zero attached hydrogens (tertiary/aromatic N) is 3. The Bertz CT molecular complexity index is 428. The lowest BCUT2D eigenvalue weighted by Crippen LogP contribution is -2.42. The highest BCUT2D eigenvalue weighted by Crippen LogP contribution is 2.26. The van der Waals surface area contributed by atoms with E-state index < -0.39 is 0 Å². The third-order valence-electron chi connectivity index (χ3n) is 3.84. The molecule has 0 aromatic carbocycles. The molecule has 2 rings (SSSR count). The van der Waals surface area contributed by atoms with Crippen LogP contribution in [0.4, 0.5) is 11.5 Å². The maximum atomic E-state index is 5.91. The fourth-order valence-electron chi connectivity index (χ4n) is 2.54. The molecule has 0 bridgehead atoms. The quantitative estimate of drug-likeness (QED) is 0.892. The summed E-state index contributed by atoms with van der Waals surface area (Å²) in [6.07, 6.45) is 3.30. The fraction of sp³-hybridized carbons (Fsp3) is 0.667. The van der Waals surface area contributed by atoms with Gasteiger partial charge < -0.3 is 20.3 Å². The zero-order valence-electron chi connectivity index (χ0n) is 12.8. The first kappa shape index (κ1) is 14.9. The van der Waals surface area contributed by atoms with E-state index in [-0.39, 0.29) is 0 Å². The minimum atomic E-state index is 0.569. The molecule has 2 heterocycles. The van der Waals surface area contributed by atoms with E-state index in [4.69, 9.17) is 10.5 Å². The van der Waals surface area contributed by atoms with Crippen LogP contribution in [-0.4, -0.2) is 49.7 Å². The minimum absolute atomic E-state index is 0.569. The van der Waals surface area contributed by atoms with Crippen LogP contribution in [0.1, 0.15) is 26.2 Å². The monoisotopic (exact) mass is 278 g/mol. The maximum Gasteiger partial charge on any atom is 0.239 e. The van der Waals surface area contributed by atoms with E-state index in [0.717, 1.165) is 25.3 Å². The largest absolute Gasteiger partial charge is 0.476 e. The van der Waals surface area contributed by atoms with Gasteiger partial charge in [-0.15, -0.1) is 0 Å². The summed E-state index contributed by atoms with van der Waals surface area (Å²) < 4.78 is 5.61. The summed E-state index contributed by atoms with van der Waals surface area (Å²) in [6, 6.07) is 4.56. The number of pyridine rings is 1. The standard InChI is InChI=1S/C15H26N4O/c1-4-11-20-15-13(16)5-6-14(17-15)19-9-7-12(8-10-19)18(2)3/h5-6,12H,4,7-11,16H2,1-3H3. The molecule has 1 aliphatic heterocycles. The van der Waals surface area contributed by atoms with Crippen molar-refractivity contribution in [1.82, 2.24) is 9.88 Å². The minimum Gasteiger partial charge on any atom is -0.476 e. The number of ether oxygens (including phenoxy) is 1. The van der Waals surface area contributed by atoms with Crippen molar-refractivity contribution in [3.8, 4) is 5.88 Å². The van der Waals surface area contributed by atoms with Crippen LogP contribution in [0.15, 0.2) is 12.1 Å². The molecular formula is C15H26N4O. The second-order valence-electron chi connectivity index (χ2n) is 5.59. The van der Waals surface area contributed by atoms with Gasteiger partial charge >= 0.3 is 0 Å². The summed E-state index contributed by atoms with van der Waals surface area (Å²) in [7, 11) is 4.30. The number of nitrogens with two attached hydrogens (primary N) is 1. The van der Waals surface area contributed by atoms with E-state index in [0.29, 0.717) is 24.2 Å². The van der Waals surface area contributed by atoms with E-state index in [1.165, 1.54) is 12.8 Å². The Labute approximate surface area is 121 Å². The zero-order valence-corrected chi connectivity index (χ0v) is 12.8. The SMILES string of the molecule is CCCOc1nc(N2CCC(N(C)C)CC2)ccc1N. The second kappa shape index (κ2) is 6.79. The molecule has 1 saturated heterocycles. The van der Waals surface area contributed by atoms with Gasteiger partial charge in [-0.1, -0.05) is 6.92 Å². The molecule has 5 nitrogen and oxygen atoms in total. The third kappa shape index (κ3) is 3.54. The molecule has 1 fully saturated rings. The molecule has 0 unspecified atom stereocenters. The molecular weight excluding hydrogens is 252 g/mol. The average Bonchev–Trinajstić information content (AvgIpc) is 2.46. The van der Waals surface area contributed by atoms with Crippen molar-refractivity contribution < 1.29 is 4.74 Å². The predicted molar refractivity (Wildman–Crippen MR) is 83.4 cm³/mol. The summed E-state index contributed by atoms with van der Waals surface area (Å²) in [5, 5.41) is 0. The Morgan fingerprint density at radius 2 is 2.05 bits per heavy atom. The highest BCUT2D eigenvalue weighted by atomic mass is 16.5. The van der Waals surface area contributed by atoms with Crippen molar-refractivity contribution >= 4 is 11.5 Å². The second-order valence-corrected chi connectivity index (χ2v) is 5.59. The summed E-state index contributed by atoms with van der Waals surface area (Å²) in [6.45, 7) is 4.80. The Kier molecular flexibility index (Phi) is 5.06. The molecule has 1 aliphatic rings. The number of rotatable bonds is 5. The first-order chi connectivity index (χ1) is 9.61. The van der Waals surface area contributed by atoms with Crippen molar-refractivity contribution in [1.29, 1.82) is 0 Å². The molecule has 2 N–H and O–H groups in total. The van der Waals surface area contributed by atoms with Gasteiger partial charge in [0, 0.05) is 19.1 Å². The highest BCUT2D eigenvalue weighted by Gasteiger charge is 2.21. The van der Waals surface area contributed by atoms with Crippen LogP contribution in [0.25, 0.3) is 0 Å². The number of hydrogen-bond acceptors (Lipinski definition) is 5. The summed E-state index contributed by atoms with van der Waals surface area (Å²) in [4.78, 5) is 9.20. The Morgan fingerprint density at radius 3 is 2.65 bits per heavy atom. The Hall–Kier alpha value is -1.49. The first-order valence-electron chi connectivity index (χ1n) is 7.42. The molecule has 0 spiro atoms. The molecule has 112 valence electrons. The molecule has 0 saturated carbocycles. The van der Waals surface area contributed by atoms with E-state index in [1.807, 2.05) is 12.1 Å².